The van der Waals surface area contributed by atoms with Crippen molar-refractivity contribution in [3.05, 3.63) is 75.6 Å². The molecule has 3 rings (SSSR count). The van der Waals surface area contributed by atoms with Crippen molar-refractivity contribution in [3.8, 4) is 0 Å². The number of aromatic amines is 1. The second kappa shape index (κ2) is 7.86. The first-order valence-corrected chi connectivity index (χ1v) is 8.57. The number of anilines is 1. The van der Waals surface area contributed by atoms with Crippen LogP contribution in [-0.2, 0) is 16.0 Å². The Morgan fingerprint density at radius 1 is 1.07 bits per heavy atom. The summed E-state index contributed by atoms with van der Waals surface area (Å²) in [6.07, 6.45) is 0.518. The predicted molar refractivity (Wildman–Crippen MR) is 104 cm³/mol. The number of H-pyrrole nitrogens is 1. The van der Waals surface area contributed by atoms with E-state index in [-0.39, 0.29) is 17.9 Å². The fourth-order valence-electron chi connectivity index (χ4n) is 2.82. The summed E-state index contributed by atoms with van der Waals surface area (Å²) >= 11 is 0. The third-order valence-electron chi connectivity index (χ3n) is 4.29. The quantitative estimate of drug-likeness (QED) is 0.681. The van der Waals surface area contributed by atoms with Gasteiger partial charge >= 0.3 is 5.97 Å². The zero-order valence-corrected chi connectivity index (χ0v) is 15.2. The van der Waals surface area contributed by atoms with Crippen molar-refractivity contribution >= 4 is 28.5 Å². The summed E-state index contributed by atoms with van der Waals surface area (Å²) in [5.41, 5.74) is 3.25. The van der Waals surface area contributed by atoms with Crippen LogP contribution in [0.5, 0.6) is 0 Å². The van der Waals surface area contributed by atoms with Gasteiger partial charge in [0.05, 0.1) is 12.7 Å². The Bertz CT molecular complexity index is 1050. The smallest absolute Gasteiger partial charge is 0.337 e. The third-order valence-corrected chi connectivity index (χ3v) is 4.29. The SMILES string of the molecule is COC(=O)c1ccc(NC(=O)CCc2cc3ccc(C)cc3[nH]c2=O)cc1. The summed E-state index contributed by atoms with van der Waals surface area (Å²) < 4.78 is 4.63. The Labute approximate surface area is 156 Å². The molecule has 0 atom stereocenters. The van der Waals surface area contributed by atoms with Gasteiger partial charge in [0.25, 0.3) is 5.56 Å². The molecule has 0 aliphatic carbocycles. The Hall–Kier alpha value is -3.41. The monoisotopic (exact) mass is 364 g/mol. The lowest BCUT2D eigenvalue weighted by molar-refractivity contribution is -0.116. The van der Waals surface area contributed by atoms with Crippen LogP contribution in [0.2, 0.25) is 0 Å². The maximum atomic E-state index is 12.2. The van der Waals surface area contributed by atoms with Crippen LogP contribution in [0.3, 0.4) is 0 Å². The second-order valence-electron chi connectivity index (χ2n) is 6.33. The molecule has 0 saturated carbocycles. The van der Waals surface area contributed by atoms with Gasteiger partial charge in [-0.25, -0.2) is 4.79 Å². The Morgan fingerprint density at radius 2 is 1.81 bits per heavy atom. The number of fused-ring (bicyclic) bond motifs is 1. The highest BCUT2D eigenvalue weighted by atomic mass is 16.5. The van der Waals surface area contributed by atoms with Crippen LogP contribution in [0, 0.1) is 6.92 Å². The molecule has 0 radical (unpaired) electrons. The summed E-state index contributed by atoms with van der Waals surface area (Å²) in [6.45, 7) is 1.97. The number of hydrogen-bond donors (Lipinski definition) is 2. The number of amides is 1. The van der Waals surface area contributed by atoms with Crippen LogP contribution in [0.4, 0.5) is 5.69 Å². The molecule has 0 bridgehead atoms. The van der Waals surface area contributed by atoms with E-state index < -0.39 is 5.97 Å². The fourth-order valence-corrected chi connectivity index (χ4v) is 2.82. The number of methoxy groups -OCH3 is 1. The number of hydrogen-bond acceptors (Lipinski definition) is 4. The van der Waals surface area contributed by atoms with E-state index in [0.717, 1.165) is 16.5 Å². The van der Waals surface area contributed by atoms with Crippen LogP contribution < -0.4 is 10.9 Å². The van der Waals surface area contributed by atoms with E-state index in [9.17, 15) is 14.4 Å². The van der Waals surface area contributed by atoms with Crippen molar-refractivity contribution in [1.82, 2.24) is 4.98 Å². The Balaban J connectivity index is 1.64. The molecule has 0 spiro atoms. The molecule has 0 fully saturated rings. The molecular formula is C21H20N2O4. The fraction of sp³-hybridized carbons (Fsp3) is 0.190. The van der Waals surface area contributed by atoms with Gasteiger partial charge in [-0.3, -0.25) is 9.59 Å². The first-order valence-electron chi connectivity index (χ1n) is 8.57. The van der Waals surface area contributed by atoms with Gasteiger partial charge in [0.1, 0.15) is 0 Å². The molecule has 1 heterocycles. The molecule has 27 heavy (non-hydrogen) atoms. The number of carbonyl (C=O) groups excluding carboxylic acids is 2. The first-order chi connectivity index (χ1) is 13.0. The average Bonchev–Trinajstić information content (AvgIpc) is 2.66. The van der Waals surface area contributed by atoms with E-state index in [2.05, 4.69) is 15.0 Å². The molecule has 3 aromatic rings. The number of carbonyl (C=O) groups is 2. The minimum Gasteiger partial charge on any atom is -0.465 e. The van der Waals surface area contributed by atoms with Crippen molar-refractivity contribution < 1.29 is 14.3 Å². The van der Waals surface area contributed by atoms with E-state index >= 15 is 0 Å². The molecule has 0 unspecified atom stereocenters. The average molecular weight is 364 g/mol. The Kier molecular flexibility index (Phi) is 5.35. The molecule has 0 aliphatic rings. The lowest BCUT2D eigenvalue weighted by atomic mass is 10.1. The third kappa shape index (κ3) is 4.41. The van der Waals surface area contributed by atoms with E-state index in [4.69, 9.17) is 0 Å². The van der Waals surface area contributed by atoms with Crippen molar-refractivity contribution in [1.29, 1.82) is 0 Å². The molecule has 1 aromatic heterocycles. The zero-order valence-electron chi connectivity index (χ0n) is 15.2. The second-order valence-corrected chi connectivity index (χ2v) is 6.33. The van der Waals surface area contributed by atoms with Crippen LogP contribution in [-0.4, -0.2) is 24.0 Å². The van der Waals surface area contributed by atoms with Gasteiger partial charge in [0, 0.05) is 23.2 Å². The number of benzene rings is 2. The number of aryl methyl sites for hydroxylation is 2. The molecule has 0 saturated heterocycles. The topological polar surface area (TPSA) is 88.3 Å². The summed E-state index contributed by atoms with van der Waals surface area (Å²) in [4.78, 5) is 38.7. The van der Waals surface area contributed by atoms with Crippen molar-refractivity contribution in [2.45, 2.75) is 19.8 Å². The minimum atomic E-state index is -0.432. The van der Waals surface area contributed by atoms with Gasteiger partial charge in [-0.2, -0.15) is 0 Å². The van der Waals surface area contributed by atoms with Gasteiger partial charge in [0.15, 0.2) is 0 Å². The maximum Gasteiger partial charge on any atom is 0.337 e. The van der Waals surface area contributed by atoms with Gasteiger partial charge in [-0.15, -0.1) is 0 Å². The summed E-state index contributed by atoms with van der Waals surface area (Å²) in [7, 11) is 1.31. The standard InChI is InChI=1S/C21H20N2O4/c1-13-3-4-15-12-16(20(25)23-18(15)11-13)7-10-19(24)22-17-8-5-14(6-9-17)21(26)27-2/h3-6,8-9,11-12H,7,10H2,1-2H3,(H,22,24)(H,23,25). The van der Waals surface area contributed by atoms with Crippen LogP contribution in [0.25, 0.3) is 10.9 Å². The molecule has 6 heteroatoms. The highest BCUT2D eigenvalue weighted by molar-refractivity contribution is 5.93. The van der Waals surface area contributed by atoms with Gasteiger partial charge < -0.3 is 15.0 Å². The van der Waals surface area contributed by atoms with Crippen LogP contribution in [0.1, 0.15) is 27.9 Å². The number of ether oxygens (including phenoxy) is 1. The number of esters is 1. The van der Waals surface area contributed by atoms with Gasteiger partial charge in [-0.05, 0) is 60.7 Å². The van der Waals surface area contributed by atoms with E-state index in [0.29, 0.717) is 23.2 Å². The van der Waals surface area contributed by atoms with Crippen molar-refractivity contribution in [2.24, 2.45) is 0 Å². The molecule has 2 N–H and O–H groups in total. The van der Waals surface area contributed by atoms with Gasteiger partial charge in [-0.1, -0.05) is 12.1 Å². The van der Waals surface area contributed by atoms with Crippen molar-refractivity contribution in [2.75, 3.05) is 12.4 Å². The van der Waals surface area contributed by atoms with E-state index in [1.165, 1.54) is 7.11 Å². The lowest BCUT2D eigenvalue weighted by Crippen LogP contribution is -2.17. The predicted octanol–water partition coefficient (Wildman–Crippen LogP) is 3.19. The normalized spacial score (nSPS) is 10.6. The number of pyridine rings is 1. The highest BCUT2D eigenvalue weighted by Gasteiger charge is 2.09. The lowest BCUT2D eigenvalue weighted by Gasteiger charge is -2.07. The molecule has 2 aromatic carbocycles. The van der Waals surface area contributed by atoms with Crippen LogP contribution >= 0.6 is 0 Å². The number of rotatable bonds is 5. The van der Waals surface area contributed by atoms with E-state index in [1.807, 2.05) is 31.2 Å². The largest absolute Gasteiger partial charge is 0.465 e. The maximum absolute atomic E-state index is 12.2. The van der Waals surface area contributed by atoms with E-state index in [1.54, 1.807) is 24.3 Å². The van der Waals surface area contributed by atoms with Crippen molar-refractivity contribution in [3.63, 3.8) is 0 Å². The summed E-state index contributed by atoms with van der Waals surface area (Å²) in [6, 6.07) is 14.1. The highest BCUT2D eigenvalue weighted by Crippen LogP contribution is 2.14. The van der Waals surface area contributed by atoms with Crippen LogP contribution in [0.15, 0.2) is 53.3 Å². The molecule has 138 valence electrons. The molecular weight excluding hydrogens is 344 g/mol. The Morgan fingerprint density at radius 3 is 2.52 bits per heavy atom. The number of aromatic nitrogens is 1. The zero-order chi connectivity index (χ0) is 19.4. The summed E-state index contributed by atoms with van der Waals surface area (Å²) in [5, 5.41) is 3.70. The molecule has 6 nitrogen and oxygen atoms in total. The molecule has 1 amide bonds. The molecule has 0 aliphatic heterocycles. The minimum absolute atomic E-state index is 0.177. The first kappa shape index (κ1) is 18.4. The number of nitrogens with one attached hydrogen (secondary N) is 2. The van der Waals surface area contributed by atoms with Gasteiger partial charge in [0.2, 0.25) is 5.91 Å². The summed E-state index contributed by atoms with van der Waals surface area (Å²) in [5.74, 6) is -0.636.